The average molecular weight is 925 g/mol. The molecule has 1 fully saturated rings. The third-order valence-electron chi connectivity index (χ3n) is 10.5. The number of carbonyl (C=O) groups excluding carboxylic acids is 3. The fourth-order valence-corrected chi connectivity index (χ4v) is 9.23. The summed E-state index contributed by atoms with van der Waals surface area (Å²) in [5.41, 5.74) is 1.01. The molecule has 2 atom stereocenters. The normalized spacial score (nSPS) is 13.9. The zero-order chi connectivity index (χ0) is 48.1. The SMILES string of the molecule is CCCc1cc(NC(=O)C[C@@H](C)c2cc(C(Nc3ccc4c(N(C(=O)OC(C)(C)C)C(=O)OC(C)(C)C)ncc(F)c4c3)C(=O)O)ccc2OCc2ccccc2)ccc1S(=O)(=O)C1CC1. The van der Waals surface area contributed by atoms with Crippen molar-refractivity contribution in [3.63, 3.8) is 0 Å². The Morgan fingerprint density at radius 1 is 0.864 bits per heavy atom. The molecule has 1 aliphatic carbocycles. The number of carbonyl (C=O) groups is 4. The molecule has 14 nitrogen and oxygen atoms in total. The molecule has 1 saturated carbocycles. The number of ether oxygens (including phenoxy) is 3. The molecule has 0 radical (unpaired) electrons. The van der Waals surface area contributed by atoms with Crippen LogP contribution >= 0.6 is 0 Å². The number of sulfone groups is 1. The van der Waals surface area contributed by atoms with Crippen LogP contribution in [0.15, 0.2) is 96.0 Å². The van der Waals surface area contributed by atoms with Gasteiger partial charge >= 0.3 is 18.2 Å². The number of halogens is 1. The molecule has 1 heterocycles. The minimum absolute atomic E-state index is 0.0362. The molecular formula is C50H57FN4O10S. The van der Waals surface area contributed by atoms with Gasteiger partial charge < -0.3 is 30.0 Å². The predicted molar refractivity (Wildman–Crippen MR) is 250 cm³/mol. The number of imide groups is 1. The van der Waals surface area contributed by atoms with Gasteiger partial charge in [0.05, 0.1) is 16.3 Å². The summed E-state index contributed by atoms with van der Waals surface area (Å²) >= 11 is 0. The molecule has 1 unspecified atom stereocenters. The fourth-order valence-electron chi connectivity index (χ4n) is 7.33. The van der Waals surface area contributed by atoms with E-state index in [4.69, 9.17) is 14.2 Å². The maximum atomic E-state index is 15.6. The van der Waals surface area contributed by atoms with Gasteiger partial charge in [0.25, 0.3) is 0 Å². The number of hydrogen-bond donors (Lipinski definition) is 3. The second-order valence-electron chi connectivity index (χ2n) is 18.4. The number of nitrogens with one attached hydrogen (secondary N) is 2. The molecule has 1 aliphatic rings. The van der Waals surface area contributed by atoms with Gasteiger partial charge in [-0.05, 0) is 138 Å². The summed E-state index contributed by atoms with van der Waals surface area (Å²) in [7, 11) is -3.44. The summed E-state index contributed by atoms with van der Waals surface area (Å²) in [6.07, 6.45) is 1.15. The van der Waals surface area contributed by atoms with Crippen molar-refractivity contribution in [1.29, 1.82) is 0 Å². The fraction of sp³-hybridized carbons (Fsp3) is 0.380. The Bertz CT molecular complexity index is 2700. The topological polar surface area (TPSA) is 191 Å². The summed E-state index contributed by atoms with van der Waals surface area (Å²) < 4.78 is 59.2. The molecule has 66 heavy (non-hydrogen) atoms. The summed E-state index contributed by atoms with van der Waals surface area (Å²) in [5.74, 6) is -2.76. The Balaban J connectivity index is 1.30. The molecular weight excluding hydrogens is 868 g/mol. The first-order valence-corrected chi connectivity index (χ1v) is 23.4. The number of anilines is 3. The highest BCUT2D eigenvalue weighted by molar-refractivity contribution is 7.92. The van der Waals surface area contributed by atoms with Crippen LogP contribution in [0.25, 0.3) is 10.8 Å². The first-order valence-electron chi connectivity index (χ1n) is 21.9. The number of fused-ring (bicyclic) bond motifs is 1. The van der Waals surface area contributed by atoms with Crippen molar-refractivity contribution in [1.82, 2.24) is 4.98 Å². The Morgan fingerprint density at radius 3 is 2.12 bits per heavy atom. The van der Waals surface area contributed by atoms with E-state index in [1.54, 1.807) is 77.9 Å². The second kappa shape index (κ2) is 19.9. The highest BCUT2D eigenvalue weighted by Gasteiger charge is 2.38. The Kier molecular flexibility index (Phi) is 14.7. The lowest BCUT2D eigenvalue weighted by Gasteiger charge is -2.28. The standard InChI is InChI=1S/C50H57FN4O10S/c1-9-13-32-25-34(18-23-42(32)66(61,62)36-19-20-36)53-43(56)24-30(2)38-26-33(16-22-41(38)63-29-31-14-11-10-12-15-31)44(46(57)58)54-35-17-21-37-39(27-35)40(51)28-52-45(37)55(47(59)64-49(3,4)5)48(60)65-50(6,7)8/h10-12,14-18,21-23,25-28,30,36,44,54H,9,13,19-20,24,29H2,1-8H3,(H,53,56)(H,57,58)/t30-,44?/m1/s1. The lowest BCUT2D eigenvalue weighted by molar-refractivity contribution is -0.138. The first-order chi connectivity index (χ1) is 31.0. The number of amides is 3. The van der Waals surface area contributed by atoms with E-state index in [2.05, 4.69) is 15.6 Å². The molecule has 3 amide bonds. The van der Waals surface area contributed by atoms with E-state index in [-0.39, 0.29) is 46.5 Å². The van der Waals surface area contributed by atoms with Gasteiger partial charge in [0.1, 0.15) is 29.4 Å². The molecule has 0 saturated heterocycles. The van der Waals surface area contributed by atoms with Crippen molar-refractivity contribution in [2.75, 3.05) is 15.5 Å². The maximum absolute atomic E-state index is 15.6. The number of pyridine rings is 1. The number of benzene rings is 4. The maximum Gasteiger partial charge on any atom is 0.425 e. The lowest BCUT2D eigenvalue weighted by Crippen LogP contribution is -2.44. The average Bonchev–Trinajstić information content (AvgIpc) is 4.09. The minimum Gasteiger partial charge on any atom is -0.489 e. The van der Waals surface area contributed by atoms with Crippen LogP contribution in [0.2, 0.25) is 0 Å². The minimum atomic E-state index is -3.44. The number of aliphatic carboxylic acids is 1. The number of hydrogen-bond acceptors (Lipinski definition) is 11. The van der Waals surface area contributed by atoms with Crippen molar-refractivity contribution in [3.8, 4) is 5.75 Å². The van der Waals surface area contributed by atoms with E-state index < -0.39 is 57.0 Å². The van der Waals surface area contributed by atoms with Crippen LogP contribution in [-0.2, 0) is 41.9 Å². The number of carboxylic acids is 1. The van der Waals surface area contributed by atoms with Gasteiger partial charge in [-0.2, -0.15) is 4.90 Å². The number of rotatable bonds is 16. The smallest absolute Gasteiger partial charge is 0.425 e. The summed E-state index contributed by atoms with van der Waals surface area (Å²) in [6.45, 7) is 13.7. The molecule has 5 aromatic rings. The van der Waals surface area contributed by atoms with E-state index in [1.165, 1.54) is 18.2 Å². The molecule has 6 rings (SSSR count). The number of nitrogens with zero attached hydrogens (tertiary/aromatic N) is 2. The van der Waals surface area contributed by atoms with E-state index in [0.29, 0.717) is 57.2 Å². The highest BCUT2D eigenvalue weighted by atomic mass is 32.2. The lowest BCUT2D eigenvalue weighted by atomic mass is 9.92. The van der Waals surface area contributed by atoms with Gasteiger partial charge in [-0.25, -0.2) is 32.2 Å². The molecule has 4 aromatic carbocycles. The Morgan fingerprint density at radius 2 is 1.52 bits per heavy atom. The zero-order valence-corrected chi connectivity index (χ0v) is 39.3. The molecule has 16 heteroatoms. The monoisotopic (exact) mass is 924 g/mol. The van der Waals surface area contributed by atoms with Crippen LogP contribution in [0.4, 0.5) is 31.2 Å². The van der Waals surface area contributed by atoms with Crippen LogP contribution in [0.3, 0.4) is 0 Å². The van der Waals surface area contributed by atoms with Crippen molar-refractivity contribution in [2.24, 2.45) is 0 Å². The largest absolute Gasteiger partial charge is 0.489 e. The van der Waals surface area contributed by atoms with Crippen molar-refractivity contribution >= 4 is 61.9 Å². The van der Waals surface area contributed by atoms with Crippen molar-refractivity contribution in [2.45, 2.75) is 127 Å². The van der Waals surface area contributed by atoms with Crippen LogP contribution in [0.5, 0.6) is 5.75 Å². The summed E-state index contributed by atoms with van der Waals surface area (Å²) in [4.78, 5) is 58.6. The van der Waals surface area contributed by atoms with Crippen molar-refractivity contribution < 1.29 is 51.3 Å². The van der Waals surface area contributed by atoms with Crippen LogP contribution in [0, 0.1) is 5.82 Å². The molecule has 0 aliphatic heterocycles. The highest BCUT2D eigenvalue weighted by Crippen LogP contribution is 2.38. The van der Waals surface area contributed by atoms with Gasteiger partial charge in [-0.3, -0.25) is 4.79 Å². The summed E-state index contributed by atoms with van der Waals surface area (Å²) in [6, 6.07) is 22.1. The summed E-state index contributed by atoms with van der Waals surface area (Å²) in [5, 5.41) is 16.1. The van der Waals surface area contributed by atoms with Gasteiger partial charge in [-0.1, -0.05) is 56.7 Å². The molecule has 1 aromatic heterocycles. The van der Waals surface area contributed by atoms with Gasteiger partial charge in [0, 0.05) is 28.6 Å². The first kappa shape index (κ1) is 48.9. The Labute approximate surface area is 384 Å². The van der Waals surface area contributed by atoms with Gasteiger partial charge in [0.2, 0.25) is 5.91 Å². The van der Waals surface area contributed by atoms with Crippen LogP contribution < -0.4 is 20.3 Å². The van der Waals surface area contributed by atoms with Crippen LogP contribution in [-0.4, -0.2) is 59.0 Å². The van der Waals surface area contributed by atoms with Gasteiger partial charge in [0.15, 0.2) is 21.7 Å². The quantitative estimate of drug-likeness (QED) is 0.0850. The van der Waals surface area contributed by atoms with E-state index in [9.17, 15) is 32.7 Å². The third-order valence-corrected chi connectivity index (χ3v) is 12.9. The molecule has 350 valence electrons. The number of carboxylic acid groups (broad SMARTS) is 1. The third kappa shape index (κ3) is 12.2. The molecule has 0 bridgehead atoms. The number of aryl methyl sites for hydroxylation is 1. The van der Waals surface area contributed by atoms with Crippen molar-refractivity contribution in [3.05, 3.63) is 119 Å². The van der Waals surface area contributed by atoms with Gasteiger partial charge in [-0.15, -0.1) is 0 Å². The predicted octanol–water partition coefficient (Wildman–Crippen LogP) is 10.9. The number of aromatic nitrogens is 1. The second-order valence-corrected chi connectivity index (χ2v) is 20.6. The molecule has 3 N–H and O–H groups in total. The molecule has 0 spiro atoms. The Hall–Kier alpha value is -6.55. The van der Waals surface area contributed by atoms with Crippen LogP contribution in [0.1, 0.15) is 115 Å². The van der Waals surface area contributed by atoms with E-state index >= 15 is 4.39 Å². The zero-order valence-electron chi connectivity index (χ0n) is 38.4. The van der Waals surface area contributed by atoms with E-state index in [0.717, 1.165) is 18.2 Å². The van der Waals surface area contributed by atoms with E-state index in [1.807, 2.05) is 44.2 Å².